The van der Waals surface area contributed by atoms with Gasteiger partial charge >= 0.3 is 11.9 Å². The number of carboxylic acid groups (broad SMARTS) is 1. The lowest BCUT2D eigenvalue weighted by molar-refractivity contribution is -0.889. The topological polar surface area (TPSA) is 102 Å². The van der Waals surface area contributed by atoms with E-state index in [9.17, 15) is 19.5 Å². The van der Waals surface area contributed by atoms with Crippen LogP contribution in [0.15, 0.2) is 72.9 Å². The number of quaternary nitrogens is 1. The molecule has 0 N–H and O–H groups in total. The van der Waals surface area contributed by atoms with Crippen molar-refractivity contribution in [1.82, 2.24) is 0 Å². The first-order chi connectivity index (χ1) is 28.6. The third-order valence-corrected chi connectivity index (χ3v) is 10.1. The Hall–Kier alpha value is -3.23. The first-order valence-electron chi connectivity index (χ1n) is 23.5. The minimum atomic E-state index is -1.13. The van der Waals surface area contributed by atoms with Crippen molar-refractivity contribution in [2.24, 2.45) is 0 Å². The monoisotopic (exact) mass is 826 g/mol. The molecule has 0 amide bonds. The van der Waals surface area contributed by atoms with E-state index in [0.29, 0.717) is 12.8 Å². The van der Waals surface area contributed by atoms with Crippen molar-refractivity contribution in [2.45, 2.75) is 193 Å². The average Bonchev–Trinajstić information content (AvgIpc) is 3.19. The van der Waals surface area contributed by atoms with Crippen molar-refractivity contribution in [3.63, 3.8) is 0 Å². The van der Waals surface area contributed by atoms with Crippen LogP contribution in [0.4, 0.5) is 0 Å². The SMILES string of the molecule is CC/C=C/C/C=C/CCCCCCCCCC(=O)OCC(COCCC(C(=O)[O-])[N+](C)(C)C)OC(=O)CCCCCCC/C=C/C/C=C/C/C=C/C/C=C/CCCCC. The van der Waals surface area contributed by atoms with Crippen LogP contribution in [0.2, 0.25) is 0 Å². The molecule has 0 fully saturated rings. The van der Waals surface area contributed by atoms with Crippen molar-refractivity contribution < 1.29 is 38.2 Å². The molecule has 0 aromatic rings. The van der Waals surface area contributed by atoms with Gasteiger partial charge in [0.25, 0.3) is 0 Å². The largest absolute Gasteiger partial charge is 0.544 e. The first-order valence-corrected chi connectivity index (χ1v) is 23.5. The quantitative estimate of drug-likeness (QED) is 0.0262. The lowest BCUT2D eigenvalue weighted by Crippen LogP contribution is -2.55. The molecule has 8 nitrogen and oxygen atoms in total. The summed E-state index contributed by atoms with van der Waals surface area (Å²) in [7, 11) is 5.39. The Kier molecular flexibility index (Phi) is 39.2. The number of hydrogen-bond acceptors (Lipinski definition) is 7. The van der Waals surface area contributed by atoms with Crippen molar-refractivity contribution >= 4 is 17.9 Å². The molecule has 338 valence electrons. The lowest BCUT2D eigenvalue weighted by atomic mass is 10.1. The number of hydrogen-bond donors (Lipinski definition) is 0. The normalized spacial score (nSPS) is 13.6. The average molecular weight is 826 g/mol. The highest BCUT2D eigenvalue weighted by Gasteiger charge is 2.25. The zero-order valence-corrected chi connectivity index (χ0v) is 38.4. The van der Waals surface area contributed by atoms with E-state index in [1.165, 1.54) is 51.4 Å². The van der Waals surface area contributed by atoms with Gasteiger partial charge in [0.15, 0.2) is 6.10 Å². The molecule has 0 bridgehead atoms. The molecule has 0 aliphatic carbocycles. The zero-order chi connectivity index (χ0) is 43.5. The summed E-state index contributed by atoms with van der Waals surface area (Å²) in [5.74, 6) is -1.78. The fourth-order valence-electron chi connectivity index (χ4n) is 6.44. The second-order valence-corrected chi connectivity index (χ2v) is 16.6. The van der Waals surface area contributed by atoms with E-state index in [1.54, 1.807) is 21.1 Å². The number of likely N-dealkylation sites (N-methyl/N-ethyl adjacent to an activating group) is 1. The molecule has 0 spiro atoms. The zero-order valence-electron chi connectivity index (χ0n) is 38.4. The summed E-state index contributed by atoms with van der Waals surface area (Å²) in [6.07, 6.45) is 52.1. The van der Waals surface area contributed by atoms with Gasteiger partial charge in [-0.15, -0.1) is 0 Å². The molecule has 2 unspecified atom stereocenters. The van der Waals surface area contributed by atoms with Crippen LogP contribution in [0.1, 0.15) is 181 Å². The minimum Gasteiger partial charge on any atom is -0.544 e. The van der Waals surface area contributed by atoms with Crippen LogP contribution >= 0.6 is 0 Å². The summed E-state index contributed by atoms with van der Waals surface area (Å²) in [5.41, 5.74) is 0. The number of unbranched alkanes of at least 4 members (excludes halogenated alkanes) is 15. The molecule has 0 rings (SSSR count). The summed E-state index contributed by atoms with van der Waals surface area (Å²) >= 11 is 0. The van der Waals surface area contributed by atoms with E-state index < -0.39 is 18.1 Å². The second kappa shape index (κ2) is 41.5. The predicted octanol–water partition coefficient (Wildman–Crippen LogP) is 11.8. The van der Waals surface area contributed by atoms with Gasteiger partial charge in [-0.05, 0) is 83.5 Å². The highest BCUT2D eigenvalue weighted by atomic mass is 16.6. The van der Waals surface area contributed by atoms with Crippen LogP contribution in [-0.4, -0.2) is 75.5 Å². The molecule has 8 heteroatoms. The van der Waals surface area contributed by atoms with E-state index >= 15 is 0 Å². The van der Waals surface area contributed by atoms with Crippen LogP contribution in [0.25, 0.3) is 0 Å². The third-order valence-electron chi connectivity index (χ3n) is 10.1. The molecule has 0 aromatic carbocycles. The summed E-state index contributed by atoms with van der Waals surface area (Å²) in [6, 6.07) is -0.734. The third kappa shape index (κ3) is 40.0. The van der Waals surface area contributed by atoms with Crippen molar-refractivity contribution in [1.29, 1.82) is 0 Å². The molecular weight excluding hydrogens is 739 g/mol. The Bertz CT molecular complexity index is 1190. The van der Waals surface area contributed by atoms with Crippen LogP contribution in [0, 0.1) is 0 Å². The Morgan fingerprint density at radius 2 is 0.949 bits per heavy atom. The van der Waals surface area contributed by atoms with Crippen molar-refractivity contribution in [3.05, 3.63) is 72.9 Å². The number of aliphatic carboxylic acids is 1. The Morgan fingerprint density at radius 1 is 0.525 bits per heavy atom. The molecule has 2 atom stereocenters. The molecule has 0 saturated heterocycles. The standard InChI is InChI=1S/C51H87NO7/c1-6-8-10-12-14-16-18-20-22-23-24-25-26-27-28-30-32-34-36-38-40-42-50(54)59-47(45-57-44-43-48(51(55)56)52(3,4)5)46-58-49(53)41-39-37-35-33-31-29-21-19-17-15-13-11-9-7-2/h9,11,14-17,20,22,24-25,27-28,47-48H,6-8,10,12-13,18-19,21,23,26,29-46H2,1-5H3/b11-9+,16-14+,17-15+,22-20+,25-24+,28-27+. The number of carbonyl (C=O) groups is 3. The fourth-order valence-corrected chi connectivity index (χ4v) is 6.44. The van der Waals surface area contributed by atoms with E-state index in [-0.39, 0.29) is 42.7 Å². The van der Waals surface area contributed by atoms with E-state index in [4.69, 9.17) is 14.2 Å². The lowest BCUT2D eigenvalue weighted by Gasteiger charge is -2.34. The maximum atomic E-state index is 12.7. The van der Waals surface area contributed by atoms with Gasteiger partial charge in [0.2, 0.25) is 0 Å². The Balaban J connectivity index is 4.36. The number of ether oxygens (including phenoxy) is 3. The van der Waals surface area contributed by atoms with E-state index in [0.717, 1.165) is 96.3 Å². The number of allylic oxidation sites excluding steroid dienone is 12. The maximum absolute atomic E-state index is 12.7. The predicted molar refractivity (Wildman–Crippen MR) is 245 cm³/mol. The van der Waals surface area contributed by atoms with Gasteiger partial charge < -0.3 is 28.6 Å². The Morgan fingerprint density at radius 3 is 1.41 bits per heavy atom. The van der Waals surface area contributed by atoms with Gasteiger partial charge in [-0.3, -0.25) is 9.59 Å². The molecule has 59 heavy (non-hydrogen) atoms. The summed E-state index contributed by atoms with van der Waals surface area (Å²) in [5, 5.41) is 11.6. The molecule has 0 heterocycles. The second-order valence-electron chi connectivity index (χ2n) is 16.6. The molecule has 0 aromatic heterocycles. The van der Waals surface area contributed by atoms with E-state index in [2.05, 4.69) is 86.8 Å². The minimum absolute atomic E-state index is 0.0269. The number of nitrogens with zero attached hydrogens (tertiary/aromatic N) is 1. The highest BCUT2D eigenvalue weighted by Crippen LogP contribution is 2.13. The van der Waals surface area contributed by atoms with Gasteiger partial charge in [-0.25, -0.2) is 0 Å². The Labute approximate surface area is 361 Å². The molecule has 0 aliphatic heterocycles. The molecule has 0 radical (unpaired) electrons. The maximum Gasteiger partial charge on any atom is 0.306 e. The summed E-state index contributed by atoms with van der Waals surface area (Å²) in [4.78, 5) is 36.9. The molecule has 0 saturated carbocycles. The molecular formula is C51H87NO7. The number of carboxylic acids is 1. The van der Waals surface area contributed by atoms with Gasteiger partial charge in [-0.2, -0.15) is 0 Å². The highest BCUT2D eigenvalue weighted by molar-refractivity contribution is 5.70. The van der Waals surface area contributed by atoms with Gasteiger partial charge in [-0.1, -0.05) is 151 Å². The number of carbonyl (C=O) groups excluding carboxylic acids is 3. The van der Waals surface area contributed by atoms with Crippen LogP contribution in [0.3, 0.4) is 0 Å². The van der Waals surface area contributed by atoms with Crippen molar-refractivity contribution in [3.8, 4) is 0 Å². The summed E-state index contributed by atoms with van der Waals surface area (Å²) < 4.78 is 17.2. The molecule has 0 aliphatic rings. The van der Waals surface area contributed by atoms with Crippen molar-refractivity contribution in [2.75, 3.05) is 41.0 Å². The van der Waals surface area contributed by atoms with Crippen LogP contribution < -0.4 is 5.11 Å². The van der Waals surface area contributed by atoms with E-state index in [1.807, 2.05) is 0 Å². The van der Waals surface area contributed by atoms with Gasteiger partial charge in [0.05, 0.1) is 40.3 Å². The fraction of sp³-hybridized carbons (Fsp3) is 0.706. The van der Waals surface area contributed by atoms with Crippen LogP contribution in [-0.2, 0) is 28.6 Å². The van der Waals surface area contributed by atoms with Gasteiger partial charge in [0, 0.05) is 19.3 Å². The number of esters is 2. The summed E-state index contributed by atoms with van der Waals surface area (Å²) in [6.45, 7) is 4.49. The number of rotatable bonds is 41. The van der Waals surface area contributed by atoms with Crippen LogP contribution in [0.5, 0.6) is 0 Å². The first kappa shape index (κ1) is 55.8. The smallest absolute Gasteiger partial charge is 0.306 e. The van der Waals surface area contributed by atoms with Gasteiger partial charge in [0.1, 0.15) is 12.6 Å².